The number of carbonyl (C=O) groups excluding carboxylic acids is 2. The normalized spacial score (nSPS) is 15.1. The molecule has 0 aliphatic carbocycles. The van der Waals surface area contributed by atoms with Crippen LogP contribution >= 0.6 is 0 Å². The second-order valence-electron chi connectivity index (χ2n) is 6.93. The van der Waals surface area contributed by atoms with E-state index in [1.54, 1.807) is 37.2 Å². The van der Waals surface area contributed by atoms with E-state index in [0.29, 0.717) is 0 Å². The highest BCUT2D eigenvalue weighted by atomic mass is 16.5. The van der Waals surface area contributed by atoms with Gasteiger partial charge < -0.3 is 14.7 Å². The number of carbonyl (C=O) groups is 3. The van der Waals surface area contributed by atoms with Gasteiger partial charge in [0, 0.05) is 38.2 Å². The van der Waals surface area contributed by atoms with Crippen LogP contribution in [0.15, 0.2) is 59.0 Å². The fourth-order valence-electron chi connectivity index (χ4n) is 2.98. The van der Waals surface area contributed by atoms with Crippen LogP contribution in [0.5, 0.6) is 5.75 Å². The lowest BCUT2D eigenvalue weighted by Crippen LogP contribution is -2.46. The number of carboxylic acids is 1. The number of aliphatic carboxylic acids is 1. The van der Waals surface area contributed by atoms with Crippen LogP contribution in [-0.2, 0) is 14.4 Å². The van der Waals surface area contributed by atoms with Gasteiger partial charge in [0.1, 0.15) is 17.1 Å². The Bertz CT molecular complexity index is 1190. The van der Waals surface area contributed by atoms with Gasteiger partial charge in [-0.05, 0) is 36.8 Å². The van der Waals surface area contributed by atoms with Crippen LogP contribution in [0.3, 0.4) is 0 Å². The molecule has 1 aliphatic rings. The van der Waals surface area contributed by atoms with Crippen molar-refractivity contribution in [3.05, 3.63) is 65.4 Å². The van der Waals surface area contributed by atoms with Gasteiger partial charge in [0.2, 0.25) is 0 Å². The molecule has 0 fully saturated rings. The predicted molar refractivity (Wildman–Crippen MR) is 117 cm³/mol. The van der Waals surface area contributed by atoms with Gasteiger partial charge in [0.15, 0.2) is 6.61 Å². The average Bonchev–Trinajstić information content (AvgIpc) is 2.76. The Hall–Kier alpha value is -4.52. The van der Waals surface area contributed by atoms with Crippen LogP contribution in [-0.4, -0.2) is 54.3 Å². The summed E-state index contributed by atoms with van der Waals surface area (Å²) in [7, 11) is 3.61. The summed E-state index contributed by atoms with van der Waals surface area (Å²) in [6.07, 6.45) is 2.85. The first kappa shape index (κ1) is 22.2. The smallest absolute Gasteiger partial charge is 0.341 e. The van der Waals surface area contributed by atoms with Crippen molar-refractivity contribution in [2.45, 2.75) is 6.92 Å². The molecule has 1 aromatic heterocycles. The first-order chi connectivity index (χ1) is 15.2. The van der Waals surface area contributed by atoms with Gasteiger partial charge in [-0.1, -0.05) is 0 Å². The van der Waals surface area contributed by atoms with Crippen molar-refractivity contribution in [1.82, 2.24) is 4.98 Å². The Morgan fingerprint density at radius 3 is 2.50 bits per heavy atom. The zero-order chi connectivity index (χ0) is 23.4. The van der Waals surface area contributed by atoms with Crippen molar-refractivity contribution in [3.63, 3.8) is 0 Å². The number of anilines is 2. The Morgan fingerprint density at radius 1 is 1.22 bits per heavy atom. The quantitative estimate of drug-likeness (QED) is 0.549. The van der Waals surface area contributed by atoms with Crippen molar-refractivity contribution >= 4 is 40.6 Å². The van der Waals surface area contributed by atoms with E-state index in [4.69, 9.17) is 16.4 Å². The first-order valence-electron chi connectivity index (χ1n) is 9.36. The highest BCUT2D eigenvalue weighted by Gasteiger charge is 2.38. The fourth-order valence-corrected chi connectivity index (χ4v) is 2.98. The molecule has 2 heterocycles. The Morgan fingerprint density at radius 2 is 1.91 bits per heavy atom. The third-order valence-corrected chi connectivity index (χ3v) is 4.60. The van der Waals surface area contributed by atoms with E-state index in [1.807, 2.05) is 0 Å². The molecule has 32 heavy (non-hydrogen) atoms. The molecule has 0 radical (unpaired) electrons. The molecular formula is C22H19N5O5. The minimum absolute atomic E-state index is 0.120. The molecule has 1 aromatic carbocycles. The largest absolute Gasteiger partial charge is 0.480 e. The SMILES string of the molecule is [C-]#[N+]C1=C(C)C(=Nc2ccc(N(C)C)cc2OCC(=O)O)C(=O)N(c2ccncc2)C1=O. The van der Waals surface area contributed by atoms with Crippen LogP contribution in [0.25, 0.3) is 4.85 Å². The standard InChI is InChI=1S/C22H19N5O5/c1-13-19(23-2)21(30)27(14-7-9-24-10-8-14)22(31)20(13)25-16-6-5-15(26(3)4)11-17(16)32-12-18(28)29/h5-11H,12H2,1,3-4H3,(H,28,29). The number of rotatable bonds is 6. The molecule has 3 rings (SSSR count). The van der Waals surface area contributed by atoms with E-state index in [9.17, 15) is 14.4 Å². The van der Waals surface area contributed by atoms with E-state index in [1.165, 1.54) is 31.5 Å². The second-order valence-corrected chi connectivity index (χ2v) is 6.93. The van der Waals surface area contributed by atoms with E-state index < -0.39 is 24.4 Å². The number of pyridine rings is 1. The van der Waals surface area contributed by atoms with Crippen molar-refractivity contribution in [2.75, 3.05) is 30.5 Å². The van der Waals surface area contributed by atoms with Crippen LogP contribution in [0.2, 0.25) is 0 Å². The lowest BCUT2D eigenvalue weighted by molar-refractivity contribution is -0.139. The van der Waals surface area contributed by atoms with E-state index >= 15 is 0 Å². The van der Waals surface area contributed by atoms with Gasteiger partial charge in [-0.3, -0.25) is 19.5 Å². The molecule has 1 N–H and O–H groups in total. The van der Waals surface area contributed by atoms with Crippen LogP contribution in [0.1, 0.15) is 6.92 Å². The number of hydrogen-bond donors (Lipinski definition) is 1. The van der Waals surface area contributed by atoms with Gasteiger partial charge in [-0.2, -0.15) is 0 Å². The fraction of sp³-hybridized carbons (Fsp3) is 0.182. The predicted octanol–water partition coefficient (Wildman–Crippen LogP) is 2.45. The number of nitrogens with zero attached hydrogens (tertiary/aromatic N) is 5. The third-order valence-electron chi connectivity index (χ3n) is 4.60. The molecule has 10 nitrogen and oxygen atoms in total. The van der Waals surface area contributed by atoms with Gasteiger partial charge in [0.05, 0.1) is 12.3 Å². The third kappa shape index (κ3) is 4.32. The maximum atomic E-state index is 13.2. The zero-order valence-electron chi connectivity index (χ0n) is 17.6. The van der Waals surface area contributed by atoms with Crippen molar-refractivity contribution in [1.29, 1.82) is 0 Å². The van der Waals surface area contributed by atoms with Crippen molar-refractivity contribution in [2.24, 2.45) is 4.99 Å². The summed E-state index contributed by atoms with van der Waals surface area (Å²) >= 11 is 0. The topological polar surface area (TPSA) is 117 Å². The summed E-state index contributed by atoms with van der Waals surface area (Å²) < 4.78 is 5.38. The molecule has 0 unspecified atom stereocenters. The molecule has 162 valence electrons. The second kappa shape index (κ2) is 9.09. The van der Waals surface area contributed by atoms with E-state index in [2.05, 4.69) is 14.8 Å². The average molecular weight is 433 g/mol. The van der Waals surface area contributed by atoms with Crippen LogP contribution < -0.4 is 14.5 Å². The van der Waals surface area contributed by atoms with Gasteiger partial charge in [0.25, 0.3) is 17.5 Å². The van der Waals surface area contributed by atoms with Crippen molar-refractivity contribution < 1.29 is 24.2 Å². The number of ether oxygens (including phenoxy) is 1. The van der Waals surface area contributed by atoms with Gasteiger partial charge in [-0.15, -0.1) is 0 Å². The molecule has 0 saturated carbocycles. The minimum atomic E-state index is -1.17. The Kier molecular flexibility index (Phi) is 6.30. The molecule has 0 bridgehead atoms. The summed E-state index contributed by atoms with van der Waals surface area (Å²) in [5.74, 6) is -2.50. The lowest BCUT2D eigenvalue weighted by Gasteiger charge is -2.26. The summed E-state index contributed by atoms with van der Waals surface area (Å²) in [6, 6.07) is 7.84. The number of aliphatic imine (C=N–C) groups is 1. The molecule has 2 amide bonds. The van der Waals surface area contributed by atoms with Crippen LogP contribution in [0, 0.1) is 6.57 Å². The number of hydrogen-bond acceptors (Lipinski definition) is 7. The maximum absolute atomic E-state index is 13.2. The number of imide groups is 1. The highest BCUT2D eigenvalue weighted by molar-refractivity contribution is 6.57. The van der Waals surface area contributed by atoms with E-state index in [-0.39, 0.29) is 34.1 Å². The van der Waals surface area contributed by atoms with Crippen LogP contribution in [0.4, 0.5) is 17.1 Å². The molecule has 1 aliphatic heterocycles. The lowest BCUT2D eigenvalue weighted by atomic mass is 10.0. The zero-order valence-corrected chi connectivity index (χ0v) is 17.6. The summed E-state index contributed by atoms with van der Waals surface area (Å²) in [5, 5.41) is 8.99. The minimum Gasteiger partial charge on any atom is -0.480 e. The maximum Gasteiger partial charge on any atom is 0.341 e. The highest BCUT2D eigenvalue weighted by Crippen LogP contribution is 2.34. The van der Waals surface area contributed by atoms with Gasteiger partial charge in [-0.25, -0.2) is 14.6 Å². The molecule has 2 aromatic rings. The Balaban J connectivity index is 2.16. The number of aromatic nitrogens is 1. The molecule has 0 spiro atoms. The van der Waals surface area contributed by atoms with E-state index in [0.717, 1.165) is 10.6 Å². The summed E-state index contributed by atoms with van der Waals surface area (Å²) in [6.45, 7) is 8.29. The molecule has 0 saturated heterocycles. The van der Waals surface area contributed by atoms with Crippen molar-refractivity contribution in [3.8, 4) is 5.75 Å². The molecule has 10 heteroatoms. The Labute approximate surface area is 183 Å². The first-order valence-corrected chi connectivity index (χ1v) is 9.36. The number of benzene rings is 1. The number of carboxylic acid groups (broad SMARTS) is 1. The molecule has 0 atom stereocenters. The summed E-state index contributed by atoms with van der Waals surface area (Å²) in [5.41, 5.74) is 0.936. The number of amides is 2. The monoisotopic (exact) mass is 433 g/mol. The molecular weight excluding hydrogens is 414 g/mol. The van der Waals surface area contributed by atoms with Gasteiger partial charge >= 0.3 is 5.97 Å². The summed E-state index contributed by atoms with van der Waals surface area (Å²) in [4.78, 5) is 51.3.